The molecule has 76 valence electrons. The molecule has 1 aliphatic carbocycles. The maximum absolute atomic E-state index is 10.7. The van der Waals surface area contributed by atoms with Gasteiger partial charge in [0, 0.05) is 17.5 Å². The second kappa shape index (κ2) is 4.00. The SMILES string of the molecule is O=C(O)C1CCC(c2nnns2)CC1. The van der Waals surface area contributed by atoms with E-state index in [1.807, 2.05) is 0 Å². The van der Waals surface area contributed by atoms with Crippen LogP contribution >= 0.6 is 11.5 Å². The third-order valence-electron chi connectivity index (χ3n) is 2.74. The molecule has 0 bridgehead atoms. The number of nitrogens with zero attached hydrogens (tertiary/aromatic N) is 3. The molecule has 0 aromatic carbocycles. The topological polar surface area (TPSA) is 76.0 Å². The second-order valence-electron chi connectivity index (χ2n) is 3.59. The Morgan fingerprint density at radius 2 is 2.07 bits per heavy atom. The average Bonchev–Trinajstić information content (AvgIpc) is 2.71. The molecule has 14 heavy (non-hydrogen) atoms. The van der Waals surface area contributed by atoms with E-state index in [0.29, 0.717) is 5.92 Å². The van der Waals surface area contributed by atoms with Crippen molar-refractivity contribution < 1.29 is 9.90 Å². The van der Waals surface area contributed by atoms with E-state index in [9.17, 15) is 4.79 Å². The molecule has 1 aliphatic rings. The first-order valence-electron chi connectivity index (χ1n) is 4.65. The Bertz CT molecular complexity index is 306. The first kappa shape index (κ1) is 9.51. The molecule has 1 N–H and O–H groups in total. The van der Waals surface area contributed by atoms with E-state index in [0.717, 1.165) is 30.7 Å². The van der Waals surface area contributed by atoms with Crippen LogP contribution in [0.15, 0.2) is 0 Å². The van der Waals surface area contributed by atoms with E-state index >= 15 is 0 Å². The monoisotopic (exact) mass is 213 g/mol. The Hall–Kier alpha value is -1.04. The van der Waals surface area contributed by atoms with Gasteiger partial charge in [-0.3, -0.25) is 4.79 Å². The minimum absolute atomic E-state index is 0.160. The van der Waals surface area contributed by atoms with Gasteiger partial charge in [0.15, 0.2) is 0 Å². The molecule has 0 atom stereocenters. The maximum atomic E-state index is 10.7. The fourth-order valence-electron chi connectivity index (χ4n) is 1.88. The molecule has 1 aromatic heterocycles. The van der Waals surface area contributed by atoms with Gasteiger partial charge in [-0.25, -0.2) is 0 Å². The van der Waals surface area contributed by atoms with Gasteiger partial charge in [0.05, 0.1) is 5.92 Å². The summed E-state index contributed by atoms with van der Waals surface area (Å²) in [4.78, 5) is 10.7. The van der Waals surface area contributed by atoms with E-state index in [1.165, 1.54) is 11.5 Å². The van der Waals surface area contributed by atoms with Crippen LogP contribution in [0.3, 0.4) is 0 Å². The number of rotatable bonds is 2. The molecule has 0 saturated heterocycles. The number of hydrogen-bond donors (Lipinski definition) is 1. The minimum Gasteiger partial charge on any atom is -0.481 e. The van der Waals surface area contributed by atoms with E-state index in [-0.39, 0.29) is 5.92 Å². The fraction of sp³-hybridized carbons (Fsp3) is 0.750. The molecular formula is C8H11N3O2S. The lowest BCUT2D eigenvalue weighted by Gasteiger charge is -2.23. The summed E-state index contributed by atoms with van der Waals surface area (Å²) in [6.45, 7) is 0. The van der Waals surface area contributed by atoms with Crippen molar-refractivity contribution in [1.82, 2.24) is 14.8 Å². The minimum atomic E-state index is -0.668. The summed E-state index contributed by atoms with van der Waals surface area (Å²) < 4.78 is 3.72. The lowest BCUT2D eigenvalue weighted by molar-refractivity contribution is -0.142. The van der Waals surface area contributed by atoms with E-state index in [1.54, 1.807) is 0 Å². The van der Waals surface area contributed by atoms with Crippen LogP contribution in [-0.4, -0.2) is 25.9 Å². The number of aromatic nitrogens is 3. The third-order valence-corrected chi connectivity index (χ3v) is 3.50. The van der Waals surface area contributed by atoms with E-state index in [2.05, 4.69) is 14.8 Å². The molecule has 1 fully saturated rings. The summed E-state index contributed by atoms with van der Waals surface area (Å²) in [5.41, 5.74) is 0. The zero-order chi connectivity index (χ0) is 9.97. The zero-order valence-electron chi connectivity index (χ0n) is 7.59. The van der Waals surface area contributed by atoms with Crippen LogP contribution in [-0.2, 0) is 4.79 Å². The summed E-state index contributed by atoms with van der Waals surface area (Å²) in [6, 6.07) is 0. The first-order valence-corrected chi connectivity index (χ1v) is 5.42. The normalized spacial score (nSPS) is 27.4. The molecule has 0 radical (unpaired) electrons. The quantitative estimate of drug-likeness (QED) is 0.801. The van der Waals surface area contributed by atoms with Gasteiger partial charge < -0.3 is 5.11 Å². The Labute approximate surface area is 85.3 Å². The van der Waals surface area contributed by atoms with Crippen LogP contribution < -0.4 is 0 Å². The average molecular weight is 213 g/mol. The van der Waals surface area contributed by atoms with E-state index < -0.39 is 5.97 Å². The van der Waals surface area contributed by atoms with Crippen LogP contribution in [0.2, 0.25) is 0 Å². The van der Waals surface area contributed by atoms with Crippen LogP contribution in [0, 0.1) is 5.92 Å². The molecule has 0 amide bonds. The largest absolute Gasteiger partial charge is 0.481 e. The lowest BCUT2D eigenvalue weighted by Crippen LogP contribution is -2.20. The van der Waals surface area contributed by atoms with Crippen LogP contribution in [0.5, 0.6) is 0 Å². The highest BCUT2D eigenvalue weighted by molar-refractivity contribution is 7.05. The Morgan fingerprint density at radius 1 is 1.36 bits per heavy atom. The van der Waals surface area contributed by atoms with Crippen LogP contribution in [0.1, 0.15) is 36.6 Å². The zero-order valence-corrected chi connectivity index (χ0v) is 8.40. The molecule has 0 spiro atoms. The molecule has 5 nitrogen and oxygen atoms in total. The summed E-state index contributed by atoms with van der Waals surface area (Å²) in [5.74, 6) is -0.448. The van der Waals surface area contributed by atoms with Gasteiger partial charge in [0.25, 0.3) is 0 Å². The van der Waals surface area contributed by atoms with Crippen molar-refractivity contribution in [3.05, 3.63) is 5.01 Å². The molecule has 6 heteroatoms. The van der Waals surface area contributed by atoms with Crippen molar-refractivity contribution >= 4 is 17.5 Å². The van der Waals surface area contributed by atoms with Crippen molar-refractivity contribution in [2.45, 2.75) is 31.6 Å². The standard InChI is InChI=1S/C8H11N3O2S/c12-8(13)6-3-1-5(2-4-6)7-9-10-11-14-7/h5-6H,1-4H2,(H,12,13). The van der Waals surface area contributed by atoms with Crippen molar-refractivity contribution in [3.8, 4) is 0 Å². The molecule has 2 rings (SSSR count). The maximum Gasteiger partial charge on any atom is 0.306 e. The van der Waals surface area contributed by atoms with E-state index in [4.69, 9.17) is 5.11 Å². The van der Waals surface area contributed by atoms with Crippen molar-refractivity contribution in [2.24, 2.45) is 5.92 Å². The highest BCUT2D eigenvalue weighted by Gasteiger charge is 2.28. The van der Waals surface area contributed by atoms with Gasteiger partial charge >= 0.3 is 5.97 Å². The van der Waals surface area contributed by atoms with Gasteiger partial charge in [-0.2, -0.15) is 0 Å². The number of hydrogen-bond acceptors (Lipinski definition) is 5. The summed E-state index contributed by atoms with van der Waals surface area (Å²) >= 11 is 1.32. The van der Waals surface area contributed by atoms with Gasteiger partial charge in [-0.05, 0) is 30.9 Å². The molecule has 0 unspecified atom stereocenters. The smallest absolute Gasteiger partial charge is 0.306 e. The number of aliphatic carboxylic acids is 1. The highest BCUT2D eigenvalue weighted by Crippen LogP contribution is 2.35. The van der Waals surface area contributed by atoms with Crippen molar-refractivity contribution in [2.75, 3.05) is 0 Å². The predicted octanol–water partition coefficient (Wildman–Crippen LogP) is 1.29. The molecule has 1 aromatic rings. The third kappa shape index (κ3) is 1.89. The van der Waals surface area contributed by atoms with Crippen molar-refractivity contribution in [3.63, 3.8) is 0 Å². The molecule has 1 saturated carbocycles. The Morgan fingerprint density at radius 3 is 2.57 bits per heavy atom. The summed E-state index contributed by atoms with van der Waals surface area (Å²) in [5, 5.41) is 17.2. The van der Waals surface area contributed by atoms with Gasteiger partial charge in [-0.15, -0.1) is 5.10 Å². The number of carboxylic acid groups (broad SMARTS) is 1. The molecule has 1 heterocycles. The van der Waals surface area contributed by atoms with Gasteiger partial charge in [0.1, 0.15) is 5.01 Å². The summed E-state index contributed by atoms with van der Waals surface area (Å²) in [6.07, 6.45) is 3.29. The first-order chi connectivity index (χ1) is 6.77. The molecular weight excluding hydrogens is 202 g/mol. The highest BCUT2D eigenvalue weighted by atomic mass is 32.1. The van der Waals surface area contributed by atoms with Crippen molar-refractivity contribution in [1.29, 1.82) is 0 Å². The predicted molar refractivity (Wildman–Crippen MR) is 50.0 cm³/mol. The summed E-state index contributed by atoms with van der Waals surface area (Å²) in [7, 11) is 0. The van der Waals surface area contributed by atoms with Gasteiger partial charge in [-0.1, -0.05) is 4.49 Å². The number of carbonyl (C=O) groups is 1. The Balaban J connectivity index is 1.93. The fourth-order valence-corrected chi connectivity index (χ4v) is 2.50. The van der Waals surface area contributed by atoms with Gasteiger partial charge in [0.2, 0.25) is 0 Å². The Kier molecular flexibility index (Phi) is 2.72. The van der Waals surface area contributed by atoms with Crippen LogP contribution in [0.25, 0.3) is 0 Å². The lowest BCUT2D eigenvalue weighted by atomic mass is 9.82. The van der Waals surface area contributed by atoms with Crippen LogP contribution in [0.4, 0.5) is 0 Å². The number of carboxylic acids is 1. The second-order valence-corrected chi connectivity index (χ2v) is 4.35. The molecule has 0 aliphatic heterocycles.